The molecule has 0 radical (unpaired) electrons. The lowest BCUT2D eigenvalue weighted by molar-refractivity contribution is -0.131. The summed E-state index contributed by atoms with van der Waals surface area (Å²) in [6.07, 6.45) is 1.36. The second kappa shape index (κ2) is 8.91. The Morgan fingerprint density at radius 3 is 2.61 bits per heavy atom. The fourth-order valence-electron chi connectivity index (χ4n) is 1.36. The van der Waals surface area contributed by atoms with E-state index in [1.165, 1.54) is 0 Å². The molecule has 5 nitrogen and oxygen atoms in total. The highest BCUT2D eigenvalue weighted by Crippen LogP contribution is 1.98. The molecule has 0 fully saturated rings. The first-order valence-electron chi connectivity index (χ1n) is 6.03. The largest absolute Gasteiger partial charge is 0.467 e. The first kappa shape index (κ1) is 14.9. The highest BCUT2D eigenvalue weighted by atomic mass is 32.1. The number of thiocarbonyl (C=S) groups is 1. The lowest BCUT2D eigenvalue weighted by Crippen LogP contribution is -2.40. The van der Waals surface area contributed by atoms with Crippen molar-refractivity contribution in [3.8, 4) is 0 Å². The smallest absolute Gasteiger partial charge is 0.174 e. The van der Waals surface area contributed by atoms with E-state index in [4.69, 9.17) is 26.1 Å². The summed E-state index contributed by atoms with van der Waals surface area (Å²) >= 11 is 5.14. The molecule has 1 heterocycles. The Morgan fingerprint density at radius 2 is 2.06 bits per heavy atom. The minimum Gasteiger partial charge on any atom is -0.467 e. The Hall–Kier alpha value is -1.11. The van der Waals surface area contributed by atoms with Gasteiger partial charge in [-0.2, -0.15) is 0 Å². The first-order chi connectivity index (χ1) is 8.76. The van der Waals surface area contributed by atoms with Crippen molar-refractivity contribution >= 4 is 17.3 Å². The summed E-state index contributed by atoms with van der Waals surface area (Å²) in [5, 5.41) is 6.64. The molecule has 0 aliphatic carbocycles. The molecule has 6 heteroatoms. The summed E-state index contributed by atoms with van der Waals surface area (Å²) in [5.74, 6) is 0.838. The number of hydrogen-bond donors (Lipinski definition) is 2. The molecular weight excluding hydrogens is 252 g/mol. The van der Waals surface area contributed by atoms with Crippen molar-refractivity contribution in [2.45, 2.75) is 26.7 Å². The molecule has 0 spiro atoms. The summed E-state index contributed by atoms with van der Waals surface area (Å²) in [4.78, 5) is 0. The van der Waals surface area contributed by atoms with Gasteiger partial charge in [-0.05, 0) is 38.2 Å². The monoisotopic (exact) mass is 272 g/mol. The molecule has 1 aromatic heterocycles. The SMILES string of the molecule is CCOC(CNC(=S)NCc1ccco1)OCC. The van der Waals surface area contributed by atoms with Crippen molar-refractivity contribution in [3.05, 3.63) is 24.2 Å². The summed E-state index contributed by atoms with van der Waals surface area (Å²) in [7, 11) is 0. The van der Waals surface area contributed by atoms with Crippen LogP contribution in [-0.2, 0) is 16.0 Å². The van der Waals surface area contributed by atoms with Gasteiger partial charge in [0.15, 0.2) is 11.4 Å². The van der Waals surface area contributed by atoms with Crippen LogP contribution in [0, 0.1) is 0 Å². The van der Waals surface area contributed by atoms with Gasteiger partial charge in [-0.1, -0.05) is 0 Å². The van der Waals surface area contributed by atoms with Gasteiger partial charge in [0.25, 0.3) is 0 Å². The zero-order valence-corrected chi connectivity index (χ0v) is 11.6. The van der Waals surface area contributed by atoms with Crippen LogP contribution in [-0.4, -0.2) is 31.2 Å². The second-order valence-corrected chi connectivity index (χ2v) is 3.89. The summed E-state index contributed by atoms with van der Waals surface area (Å²) in [6.45, 7) is 6.16. The standard InChI is InChI=1S/C12H20N2O3S/c1-3-15-11(16-4-2)9-14-12(18)13-8-10-6-5-7-17-10/h5-7,11H,3-4,8-9H2,1-2H3,(H2,13,14,18). The number of nitrogens with one attached hydrogen (secondary N) is 2. The van der Waals surface area contributed by atoms with Crippen LogP contribution < -0.4 is 10.6 Å². The van der Waals surface area contributed by atoms with Crippen LogP contribution in [0.4, 0.5) is 0 Å². The topological polar surface area (TPSA) is 55.7 Å². The van der Waals surface area contributed by atoms with E-state index >= 15 is 0 Å². The maximum absolute atomic E-state index is 5.39. The van der Waals surface area contributed by atoms with Crippen molar-refractivity contribution in [1.29, 1.82) is 0 Å². The predicted octanol–water partition coefficient (Wildman–Crippen LogP) is 1.64. The lowest BCUT2D eigenvalue weighted by atomic mass is 10.4. The molecule has 1 rings (SSSR count). The average molecular weight is 272 g/mol. The molecule has 18 heavy (non-hydrogen) atoms. The molecule has 102 valence electrons. The fourth-order valence-corrected chi connectivity index (χ4v) is 1.51. The van der Waals surface area contributed by atoms with Crippen molar-refractivity contribution in [2.24, 2.45) is 0 Å². The van der Waals surface area contributed by atoms with Gasteiger partial charge in [0, 0.05) is 13.2 Å². The highest BCUT2D eigenvalue weighted by Gasteiger charge is 2.08. The van der Waals surface area contributed by atoms with Crippen LogP contribution >= 0.6 is 12.2 Å². The Labute approximate surface area is 113 Å². The third-order valence-electron chi connectivity index (χ3n) is 2.14. The Bertz CT molecular complexity index is 324. The zero-order valence-electron chi connectivity index (χ0n) is 10.8. The minimum atomic E-state index is -0.275. The molecule has 0 saturated carbocycles. The van der Waals surface area contributed by atoms with E-state index < -0.39 is 0 Å². The minimum absolute atomic E-state index is 0.275. The van der Waals surface area contributed by atoms with Gasteiger partial charge in [0.1, 0.15) is 5.76 Å². The molecule has 0 bridgehead atoms. The van der Waals surface area contributed by atoms with E-state index in [9.17, 15) is 0 Å². The van der Waals surface area contributed by atoms with Crippen LogP contribution in [0.15, 0.2) is 22.8 Å². The summed E-state index contributed by atoms with van der Waals surface area (Å²) < 4.78 is 16.0. The molecule has 0 aromatic carbocycles. The van der Waals surface area contributed by atoms with Gasteiger partial charge < -0.3 is 24.5 Å². The van der Waals surface area contributed by atoms with Crippen molar-refractivity contribution in [2.75, 3.05) is 19.8 Å². The van der Waals surface area contributed by atoms with Gasteiger partial charge >= 0.3 is 0 Å². The van der Waals surface area contributed by atoms with Crippen LogP contribution in [0.2, 0.25) is 0 Å². The maximum Gasteiger partial charge on any atom is 0.174 e. The predicted molar refractivity (Wildman–Crippen MR) is 73.2 cm³/mol. The van der Waals surface area contributed by atoms with E-state index in [2.05, 4.69) is 10.6 Å². The molecule has 0 aliphatic heterocycles. The Morgan fingerprint density at radius 1 is 1.33 bits per heavy atom. The Kier molecular flexibility index (Phi) is 7.40. The zero-order chi connectivity index (χ0) is 13.2. The number of ether oxygens (including phenoxy) is 2. The first-order valence-corrected chi connectivity index (χ1v) is 6.44. The molecule has 0 atom stereocenters. The molecule has 0 aliphatic rings. The molecule has 1 aromatic rings. The lowest BCUT2D eigenvalue weighted by Gasteiger charge is -2.18. The van der Waals surface area contributed by atoms with Crippen molar-refractivity contribution in [1.82, 2.24) is 10.6 Å². The van der Waals surface area contributed by atoms with Crippen LogP contribution in [0.25, 0.3) is 0 Å². The third kappa shape index (κ3) is 6.00. The Balaban J connectivity index is 2.18. The van der Waals surface area contributed by atoms with Crippen molar-refractivity contribution in [3.63, 3.8) is 0 Å². The van der Waals surface area contributed by atoms with E-state index in [0.717, 1.165) is 5.76 Å². The molecular formula is C12H20N2O3S. The molecule has 2 N–H and O–H groups in total. The van der Waals surface area contributed by atoms with E-state index in [1.807, 2.05) is 26.0 Å². The average Bonchev–Trinajstić information content (AvgIpc) is 2.87. The van der Waals surface area contributed by atoms with Crippen molar-refractivity contribution < 1.29 is 13.9 Å². The maximum atomic E-state index is 5.39. The van der Waals surface area contributed by atoms with E-state index in [0.29, 0.717) is 31.4 Å². The number of hydrogen-bond acceptors (Lipinski definition) is 4. The van der Waals surface area contributed by atoms with Crippen LogP contribution in [0.3, 0.4) is 0 Å². The summed E-state index contributed by atoms with van der Waals surface area (Å²) in [6, 6.07) is 3.73. The molecule has 0 unspecified atom stereocenters. The molecule has 0 amide bonds. The number of furan rings is 1. The second-order valence-electron chi connectivity index (χ2n) is 3.48. The van der Waals surface area contributed by atoms with Crippen LogP contribution in [0.1, 0.15) is 19.6 Å². The highest BCUT2D eigenvalue weighted by molar-refractivity contribution is 7.80. The quantitative estimate of drug-likeness (QED) is 0.554. The normalized spacial score (nSPS) is 10.6. The number of rotatable bonds is 8. The van der Waals surface area contributed by atoms with E-state index in [-0.39, 0.29) is 6.29 Å². The molecule has 0 saturated heterocycles. The third-order valence-corrected chi connectivity index (χ3v) is 2.43. The van der Waals surface area contributed by atoms with Crippen LogP contribution in [0.5, 0.6) is 0 Å². The van der Waals surface area contributed by atoms with Gasteiger partial charge in [-0.15, -0.1) is 0 Å². The van der Waals surface area contributed by atoms with Gasteiger partial charge in [-0.3, -0.25) is 0 Å². The fraction of sp³-hybridized carbons (Fsp3) is 0.583. The summed E-state index contributed by atoms with van der Waals surface area (Å²) in [5.41, 5.74) is 0. The van der Waals surface area contributed by atoms with Gasteiger partial charge in [-0.25, -0.2) is 0 Å². The van der Waals surface area contributed by atoms with Gasteiger partial charge in [0.05, 0.1) is 19.4 Å². The van der Waals surface area contributed by atoms with E-state index in [1.54, 1.807) is 6.26 Å². The van der Waals surface area contributed by atoms with Gasteiger partial charge in [0.2, 0.25) is 0 Å².